The van der Waals surface area contributed by atoms with Crippen molar-refractivity contribution in [2.45, 2.75) is 39.5 Å². The van der Waals surface area contributed by atoms with Crippen LogP contribution in [0.4, 0.5) is 0 Å². The Labute approximate surface area is 166 Å². The van der Waals surface area contributed by atoms with E-state index in [0.717, 1.165) is 36.8 Å². The van der Waals surface area contributed by atoms with Gasteiger partial charge in [0.15, 0.2) is 0 Å². The lowest BCUT2D eigenvalue weighted by molar-refractivity contribution is 0.0490. The molecule has 0 atom stereocenters. The van der Waals surface area contributed by atoms with E-state index in [-0.39, 0.29) is 11.9 Å². The zero-order chi connectivity index (χ0) is 20.2. The van der Waals surface area contributed by atoms with Gasteiger partial charge in [-0.1, -0.05) is 38.5 Å². The summed E-state index contributed by atoms with van der Waals surface area (Å²) in [7, 11) is 0. The third-order valence-corrected chi connectivity index (χ3v) is 4.05. The SMILES string of the molecule is CCCCOC(=O)c1ccc(C#Cc2ccc(C(=O)OCCCC)cc2)cc1. The lowest BCUT2D eigenvalue weighted by Gasteiger charge is -2.04. The van der Waals surface area contributed by atoms with Gasteiger partial charge in [-0.2, -0.15) is 0 Å². The van der Waals surface area contributed by atoms with Crippen LogP contribution >= 0.6 is 0 Å². The number of carbonyl (C=O) groups excluding carboxylic acids is 2. The minimum atomic E-state index is -0.311. The second kappa shape index (κ2) is 11.6. The molecule has 0 amide bonds. The largest absolute Gasteiger partial charge is 0.462 e. The highest BCUT2D eigenvalue weighted by atomic mass is 16.5. The normalized spacial score (nSPS) is 9.93. The highest BCUT2D eigenvalue weighted by Gasteiger charge is 2.07. The number of carbonyl (C=O) groups is 2. The standard InChI is InChI=1S/C24H26O4/c1-3-5-17-27-23(25)21-13-9-19(10-14-21)7-8-20-11-15-22(16-12-20)24(26)28-18-6-4-2/h9-16H,3-6,17-18H2,1-2H3. The van der Waals surface area contributed by atoms with Gasteiger partial charge in [-0.25, -0.2) is 9.59 Å². The van der Waals surface area contributed by atoms with Crippen LogP contribution in [0.5, 0.6) is 0 Å². The summed E-state index contributed by atoms with van der Waals surface area (Å²) in [6.07, 6.45) is 3.71. The van der Waals surface area contributed by atoms with Crippen molar-refractivity contribution in [3.8, 4) is 11.8 Å². The Morgan fingerprint density at radius 1 is 0.679 bits per heavy atom. The van der Waals surface area contributed by atoms with Crippen molar-refractivity contribution in [2.75, 3.05) is 13.2 Å². The van der Waals surface area contributed by atoms with Crippen LogP contribution in [0.1, 0.15) is 71.4 Å². The smallest absolute Gasteiger partial charge is 0.338 e. The Morgan fingerprint density at radius 3 is 1.36 bits per heavy atom. The van der Waals surface area contributed by atoms with Gasteiger partial charge in [0, 0.05) is 11.1 Å². The molecule has 0 aromatic heterocycles. The Hall–Kier alpha value is -3.06. The van der Waals surface area contributed by atoms with E-state index in [1.807, 2.05) is 13.8 Å². The molecule has 4 nitrogen and oxygen atoms in total. The molecule has 0 spiro atoms. The van der Waals surface area contributed by atoms with Crippen molar-refractivity contribution >= 4 is 11.9 Å². The van der Waals surface area contributed by atoms with Crippen LogP contribution in [0.15, 0.2) is 48.5 Å². The van der Waals surface area contributed by atoms with E-state index >= 15 is 0 Å². The van der Waals surface area contributed by atoms with E-state index in [2.05, 4.69) is 11.8 Å². The van der Waals surface area contributed by atoms with Gasteiger partial charge < -0.3 is 9.47 Å². The number of hydrogen-bond acceptors (Lipinski definition) is 4. The second-order valence-corrected chi connectivity index (χ2v) is 6.38. The van der Waals surface area contributed by atoms with Crippen LogP contribution in [0, 0.1) is 11.8 Å². The average molecular weight is 378 g/mol. The van der Waals surface area contributed by atoms with Crippen molar-refractivity contribution in [2.24, 2.45) is 0 Å². The molecule has 2 aromatic carbocycles. The van der Waals surface area contributed by atoms with Crippen LogP contribution in [0.3, 0.4) is 0 Å². The van der Waals surface area contributed by atoms with E-state index in [0.29, 0.717) is 24.3 Å². The van der Waals surface area contributed by atoms with Crippen molar-refractivity contribution in [1.82, 2.24) is 0 Å². The molecule has 0 aliphatic carbocycles. The summed E-state index contributed by atoms with van der Waals surface area (Å²) in [6, 6.07) is 14.0. The first-order valence-electron chi connectivity index (χ1n) is 9.70. The van der Waals surface area contributed by atoms with Crippen molar-refractivity contribution in [1.29, 1.82) is 0 Å². The Morgan fingerprint density at radius 2 is 1.04 bits per heavy atom. The molecule has 0 aliphatic rings. The van der Waals surface area contributed by atoms with Crippen LogP contribution in [-0.2, 0) is 9.47 Å². The maximum Gasteiger partial charge on any atom is 0.338 e. The van der Waals surface area contributed by atoms with Gasteiger partial charge in [0.25, 0.3) is 0 Å². The van der Waals surface area contributed by atoms with Gasteiger partial charge in [0.2, 0.25) is 0 Å². The lowest BCUT2D eigenvalue weighted by Crippen LogP contribution is -2.06. The molecular formula is C24H26O4. The van der Waals surface area contributed by atoms with E-state index in [4.69, 9.17) is 9.47 Å². The van der Waals surface area contributed by atoms with E-state index in [9.17, 15) is 9.59 Å². The number of rotatable bonds is 8. The molecule has 0 fully saturated rings. The first kappa shape index (κ1) is 21.2. The first-order chi connectivity index (χ1) is 13.6. The minimum absolute atomic E-state index is 0.311. The van der Waals surface area contributed by atoms with Gasteiger partial charge in [0.1, 0.15) is 0 Å². The molecule has 4 heteroatoms. The third-order valence-electron chi connectivity index (χ3n) is 4.05. The summed E-state index contributed by atoms with van der Waals surface area (Å²) in [5, 5.41) is 0. The molecule has 2 aromatic rings. The van der Waals surface area contributed by atoms with Crippen molar-refractivity contribution in [3.63, 3.8) is 0 Å². The molecule has 0 heterocycles. The summed E-state index contributed by atoms with van der Waals surface area (Å²) >= 11 is 0. The van der Waals surface area contributed by atoms with Gasteiger partial charge in [-0.3, -0.25) is 0 Å². The summed E-state index contributed by atoms with van der Waals surface area (Å²) in [5.74, 6) is 5.48. The number of hydrogen-bond donors (Lipinski definition) is 0. The molecule has 0 unspecified atom stereocenters. The average Bonchev–Trinajstić information content (AvgIpc) is 2.73. The van der Waals surface area contributed by atoms with E-state index in [1.54, 1.807) is 48.5 Å². The van der Waals surface area contributed by atoms with Gasteiger partial charge in [0.05, 0.1) is 24.3 Å². The molecule has 28 heavy (non-hydrogen) atoms. The topological polar surface area (TPSA) is 52.6 Å². The summed E-state index contributed by atoms with van der Waals surface area (Å²) in [6.45, 7) is 4.99. The molecule has 2 rings (SSSR count). The minimum Gasteiger partial charge on any atom is -0.462 e. The summed E-state index contributed by atoms with van der Waals surface area (Å²) < 4.78 is 10.4. The monoisotopic (exact) mass is 378 g/mol. The summed E-state index contributed by atoms with van der Waals surface area (Å²) in [5.41, 5.74) is 2.64. The predicted octanol–water partition coefficient (Wildman–Crippen LogP) is 5.00. The maximum atomic E-state index is 11.9. The molecular weight excluding hydrogens is 352 g/mol. The highest BCUT2D eigenvalue weighted by molar-refractivity contribution is 5.90. The molecule has 146 valence electrons. The molecule has 0 bridgehead atoms. The fourth-order valence-corrected chi connectivity index (χ4v) is 2.31. The maximum absolute atomic E-state index is 11.9. The number of esters is 2. The Bertz CT molecular complexity index is 754. The Kier molecular flexibility index (Phi) is 8.81. The predicted molar refractivity (Wildman–Crippen MR) is 109 cm³/mol. The fourth-order valence-electron chi connectivity index (χ4n) is 2.31. The van der Waals surface area contributed by atoms with Gasteiger partial charge in [-0.15, -0.1) is 0 Å². The fraction of sp³-hybridized carbons (Fsp3) is 0.333. The molecule has 0 aliphatic heterocycles. The van der Waals surface area contributed by atoms with Crippen molar-refractivity contribution in [3.05, 3.63) is 70.8 Å². The lowest BCUT2D eigenvalue weighted by atomic mass is 10.1. The highest BCUT2D eigenvalue weighted by Crippen LogP contribution is 2.08. The Balaban J connectivity index is 1.94. The van der Waals surface area contributed by atoms with Crippen LogP contribution in [-0.4, -0.2) is 25.2 Å². The number of unbranched alkanes of at least 4 members (excludes halogenated alkanes) is 2. The first-order valence-corrected chi connectivity index (χ1v) is 9.70. The van der Waals surface area contributed by atoms with Crippen LogP contribution in [0.2, 0.25) is 0 Å². The number of benzene rings is 2. The van der Waals surface area contributed by atoms with Crippen molar-refractivity contribution < 1.29 is 19.1 Å². The third kappa shape index (κ3) is 6.92. The van der Waals surface area contributed by atoms with Gasteiger partial charge in [-0.05, 0) is 61.4 Å². The zero-order valence-electron chi connectivity index (χ0n) is 16.5. The molecule has 0 saturated heterocycles. The van der Waals surface area contributed by atoms with E-state index in [1.165, 1.54) is 0 Å². The van der Waals surface area contributed by atoms with Crippen LogP contribution in [0.25, 0.3) is 0 Å². The van der Waals surface area contributed by atoms with E-state index < -0.39 is 0 Å². The van der Waals surface area contributed by atoms with Crippen LogP contribution < -0.4 is 0 Å². The quantitative estimate of drug-likeness (QED) is 0.368. The molecule has 0 radical (unpaired) electrons. The summed E-state index contributed by atoms with van der Waals surface area (Å²) in [4.78, 5) is 23.8. The second-order valence-electron chi connectivity index (χ2n) is 6.38. The number of ether oxygens (including phenoxy) is 2. The molecule has 0 N–H and O–H groups in total. The van der Waals surface area contributed by atoms with Gasteiger partial charge >= 0.3 is 11.9 Å². The zero-order valence-corrected chi connectivity index (χ0v) is 16.5. The molecule has 0 saturated carbocycles.